The zero-order chi connectivity index (χ0) is 12.3. The predicted octanol–water partition coefficient (Wildman–Crippen LogP) is 3.03. The van der Waals surface area contributed by atoms with Gasteiger partial charge in [-0.25, -0.2) is 0 Å². The van der Waals surface area contributed by atoms with Crippen LogP contribution in [0.3, 0.4) is 0 Å². The summed E-state index contributed by atoms with van der Waals surface area (Å²) in [7, 11) is 0. The van der Waals surface area contributed by atoms with Crippen LogP contribution in [0.1, 0.15) is 24.1 Å². The molecule has 0 aromatic carbocycles. The first-order valence-corrected chi connectivity index (χ1v) is 7.80. The average molecular weight is 272 g/mol. The quantitative estimate of drug-likeness (QED) is 0.661. The molecule has 4 nitrogen and oxygen atoms in total. The summed E-state index contributed by atoms with van der Waals surface area (Å²) >= 11 is 3.18. The molecule has 1 heterocycles. The Labute approximate surface area is 109 Å². The molecule has 94 valence electrons. The fourth-order valence-corrected chi connectivity index (χ4v) is 3.97. The summed E-state index contributed by atoms with van der Waals surface area (Å²) in [5, 5.41) is 15.0. The van der Waals surface area contributed by atoms with E-state index in [0.717, 1.165) is 11.4 Å². The molecule has 0 saturated heterocycles. The maximum Gasteiger partial charge on any atom is 0.324 e. The second-order valence-electron chi connectivity index (χ2n) is 4.19. The number of nitro groups is 1. The van der Waals surface area contributed by atoms with E-state index in [1.54, 1.807) is 6.07 Å². The monoisotopic (exact) mass is 272 g/mol. The number of nitrogens with zero attached hydrogens (tertiary/aromatic N) is 1. The molecule has 0 bridgehead atoms. The van der Waals surface area contributed by atoms with E-state index in [1.165, 1.54) is 30.6 Å². The van der Waals surface area contributed by atoms with Crippen LogP contribution >= 0.6 is 23.1 Å². The lowest BCUT2D eigenvalue weighted by Crippen LogP contribution is -2.33. The van der Waals surface area contributed by atoms with Crippen LogP contribution in [-0.2, 0) is 6.54 Å². The molecule has 1 aliphatic carbocycles. The molecular formula is C11H16N2O2S2. The van der Waals surface area contributed by atoms with Gasteiger partial charge in [0.05, 0.1) is 4.92 Å². The number of hydrogen-bond acceptors (Lipinski definition) is 5. The summed E-state index contributed by atoms with van der Waals surface area (Å²) in [6.45, 7) is 0.750. The molecule has 2 unspecified atom stereocenters. The van der Waals surface area contributed by atoms with Crippen molar-refractivity contribution in [1.82, 2.24) is 5.32 Å². The van der Waals surface area contributed by atoms with Crippen molar-refractivity contribution in [1.29, 1.82) is 0 Å². The second-order valence-corrected chi connectivity index (χ2v) is 6.41. The highest BCUT2D eigenvalue weighted by Gasteiger charge is 2.25. The van der Waals surface area contributed by atoms with Crippen LogP contribution in [0.4, 0.5) is 5.00 Å². The predicted molar refractivity (Wildman–Crippen MR) is 72.8 cm³/mol. The third-order valence-corrected chi connectivity index (χ3v) is 5.33. The molecule has 1 aromatic heterocycles. The van der Waals surface area contributed by atoms with Crippen molar-refractivity contribution in [3.8, 4) is 0 Å². The molecule has 6 heteroatoms. The minimum atomic E-state index is -0.325. The van der Waals surface area contributed by atoms with Crippen LogP contribution in [0.25, 0.3) is 0 Å². The topological polar surface area (TPSA) is 55.2 Å². The number of nitrogens with one attached hydrogen (secondary N) is 1. The van der Waals surface area contributed by atoms with E-state index in [1.807, 2.05) is 17.8 Å². The molecule has 17 heavy (non-hydrogen) atoms. The van der Waals surface area contributed by atoms with Crippen molar-refractivity contribution in [2.45, 2.75) is 37.1 Å². The van der Waals surface area contributed by atoms with Crippen LogP contribution in [0.2, 0.25) is 0 Å². The number of rotatable bonds is 5. The van der Waals surface area contributed by atoms with E-state index in [2.05, 4.69) is 11.6 Å². The Bertz CT molecular complexity index is 395. The first-order chi connectivity index (χ1) is 8.20. The van der Waals surface area contributed by atoms with Crippen molar-refractivity contribution in [3.05, 3.63) is 27.1 Å². The molecule has 0 radical (unpaired) electrons. The summed E-state index contributed by atoms with van der Waals surface area (Å²) in [6, 6.07) is 3.99. The average Bonchev–Trinajstić information content (AvgIpc) is 2.95. The Kier molecular flexibility index (Phi) is 4.42. The van der Waals surface area contributed by atoms with Gasteiger partial charge >= 0.3 is 5.00 Å². The third kappa shape index (κ3) is 3.20. The van der Waals surface area contributed by atoms with Gasteiger partial charge in [0, 0.05) is 28.8 Å². The smallest absolute Gasteiger partial charge is 0.308 e. The molecule has 2 rings (SSSR count). The highest BCUT2D eigenvalue weighted by Crippen LogP contribution is 2.29. The maximum absolute atomic E-state index is 10.6. The lowest BCUT2D eigenvalue weighted by atomic mass is 10.2. The lowest BCUT2D eigenvalue weighted by molar-refractivity contribution is -0.380. The fourth-order valence-electron chi connectivity index (χ4n) is 2.23. The molecule has 1 aromatic rings. The van der Waals surface area contributed by atoms with E-state index < -0.39 is 0 Å². The highest BCUT2D eigenvalue weighted by atomic mass is 32.2. The molecule has 0 aliphatic heterocycles. The van der Waals surface area contributed by atoms with Gasteiger partial charge in [0.2, 0.25) is 0 Å². The second kappa shape index (κ2) is 5.84. The van der Waals surface area contributed by atoms with Gasteiger partial charge in [-0.1, -0.05) is 17.8 Å². The van der Waals surface area contributed by atoms with Gasteiger partial charge in [0.25, 0.3) is 0 Å². The Balaban J connectivity index is 1.86. The molecule has 0 amide bonds. The number of hydrogen-bond donors (Lipinski definition) is 1. The van der Waals surface area contributed by atoms with Gasteiger partial charge < -0.3 is 5.32 Å². The minimum absolute atomic E-state index is 0.231. The van der Waals surface area contributed by atoms with Crippen LogP contribution in [0.15, 0.2) is 12.1 Å². The molecule has 1 fully saturated rings. The van der Waals surface area contributed by atoms with E-state index in [0.29, 0.717) is 11.3 Å². The van der Waals surface area contributed by atoms with Crippen molar-refractivity contribution in [2.24, 2.45) is 0 Å². The molecule has 1 N–H and O–H groups in total. The SMILES string of the molecule is CSC1CCCC1NCc1ccc([N+](=O)[O-])s1. The summed E-state index contributed by atoms with van der Waals surface area (Å²) in [5.74, 6) is 0. The normalized spacial score (nSPS) is 24.1. The molecule has 1 aliphatic rings. The van der Waals surface area contributed by atoms with Crippen molar-refractivity contribution in [2.75, 3.05) is 6.26 Å². The molecule has 2 atom stereocenters. The van der Waals surface area contributed by atoms with Crippen LogP contribution < -0.4 is 5.32 Å². The minimum Gasteiger partial charge on any atom is -0.308 e. The Morgan fingerprint density at radius 1 is 1.59 bits per heavy atom. The van der Waals surface area contributed by atoms with Gasteiger partial charge in [-0.3, -0.25) is 10.1 Å². The van der Waals surface area contributed by atoms with Crippen LogP contribution in [-0.4, -0.2) is 22.5 Å². The largest absolute Gasteiger partial charge is 0.324 e. The van der Waals surface area contributed by atoms with Crippen molar-refractivity contribution >= 4 is 28.1 Å². The van der Waals surface area contributed by atoms with Gasteiger partial charge in [-0.15, -0.1) is 0 Å². The Morgan fingerprint density at radius 3 is 3.06 bits per heavy atom. The first-order valence-electron chi connectivity index (χ1n) is 5.70. The van der Waals surface area contributed by atoms with Gasteiger partial charge in [-0.2, -0.15) is 11.8 Å². The van der Waals surface area contributed by atoms with E-state index in [-0.39, 0.29) is 9.92 Å². The van der Waals surface area contributed by atoms with Gasteiger partial charge in [-0.05, 0) is 25.2 Å². The zero-order valence-electron chi connectivity index (χ0n) is 9.72. The zero-order valence-corrected chi connectivity index (χ0v) is 11.4. The lowest BCUT2D eigenvalue weighted by Gasteiger charge is -2.18. The van der Waals surface area contributed by atoms with Crippen LogP contribution in [0, 0.1) is 10.1 Å². The van der Waals surface area contributed by atoms with Crippen LogP contribution in [0.5, 0.6) is 0 Å². The van der Waals surface area contributed by atoms with Crippen molar-refractivity contribution in [3.63, 3.8) is 0 Å². The van der Waals surface area contributed by atoms with E-state index in [9.17, 15) is 10.1 Å². The summed E-state index contributed by atoms with van der Waals surface area (Å²) in [6.07, 6.45) is 5.94. The molecular weight excluding hydrogens is 256 g/mol. The first kappa shape index (κ1) is 12.9. The van der Waals surface area contributed by atoms with E-state index >= 15 is 0 Å². The Morgan fingerprint density at radius 2 is 2.41 bits per heavy atom. The summed E-state index contributed by atoms with van der Waals surface area (Å²) < 4.78 is 0. The number of thioether (sulfide) groups is 1. The van der Waals surface area contributed by atoms with E-state index in [4.69, 9.17) is 0 Å². The Hall–Kier alpha value is -0.590. The number of thiophene rings is 1. The fraction of sp³-hybridized carbons (Fsp3) is 0.636. The summed E-state index contributed by atoms with van der Waals surface area (Å²) in [5.41, 5.74) is 0. The highest BCUT2D eigenvalue weighted by molar-refractivity contribution is 7.99. The maximum atomic E-state index is 10.6. The standard InChI is InChI=1S/C11H16N2O2S2/c1-16-10-4-2-3-9(10)12-7-8-5-6-11(17-8)13(14)15/h5-6,9-10,12H,2-4,7H2,1H3. The molecule has 0 spiro atoms. The molecule has 1 saturated carbocycles. The third-order valence-electron chi connectivity index (χ3n) is 3.12. The van der Waals surface area contributed by atoms with Crippen molar-refractivity contribution < 1.29 is 4.92 Å². The van der Waals surface area contributed by atoms with Gasteiger partial charge in [0.15, 0.2) is 0 Å². The summed E-state index contributed by atoms with van der Waals surface area (Å²) in [4.78, 5) is 11.3. The van der Waals surface area contributed by atoms with Gasteiger partial charge in [0.1, 0.15) is 0 Å².